The largest absolute Gasteiger partial charge is 0.379 e. The van der Waals surface area contributed by atoms with Crippen LogP contribution >= 0.6 is 0 Å². The summed E-state index contributed by atoms with van der Waals surface area (Å²) in [5.41, 5.74) is 8.27. The zero-order valence-electron chi connectivity index (χ0n) is 12.4. The summed E-state index contributed by atoms with van der Waals surface area (Å²) in [5, 5.41) is 3.02. The molecule has 1 aromatic rings. The Labute approximate surface area is 120 Å². The highest BCUT2D eigenvalue weighted by molar-refractivity contribution is 5.80. The molecule has 4 nitrogen and oxygen atoms in total. The van der Waals surface area contributed by atoms with Gasteiger partial charge in [0.15, 0.2) is 0 Å². The van der Waals surface area contributed by atoms with Crippen molar-refractivity contribution in [1.82, 2.24) is 5.32 Å². The number of nitrogens with two attached hydrogens (primary N) is 1. The van der Waals surface area contributed by atoms with E-state index in [4.69, 9.17) is 10.5 Å². The van der Waals surface area contributed by atoms with Gasteiger partial charge in [-0.15, -0.1) is 0 Å². The van der Waals surface area contributed by atoms with Crippen molar-refractivity contribution in [2.75, 3.05) is 13.2 Å². The molecule has 1 heterocycles. The Hall–Kier alpha value is -1.39. The number of rotatable bonds is 4. The van der Waals surface area contributed by atoms with Crippen molar-refractivity contribution >= 4 is 5.91 Å². The minimum absolute atomic E-state index is 0.0171. The first-order chi connectivity index (χ1) is 9.49. The van der Waals surface area contributed by atoms with Crippen LogP contribution in [0.1, 0.15) is 43.9 Å². The third-order valence-electron chi connectivity index (χ3n) is 3.92. The summed E-state index contributed by atoms with van der Waals surface area (Å²) in [6, 6.07) is 8.18. The van der Waals surface area contributed by atoms with Crippen LogP contribution < -0.4 is 11.1 Å². The molecule has 1 saturated heterocycles. The number of hydrogen-bond donors (Lipinski definition) is 2. The molecule has 20 heavy (non-hydrogen) atoms. The van der Waals surface area contributed by atoms with Crippen LogP contribution in [0.4, 0.5) is 0 Å². The van der Waals surface area contributed by atoms with Crippen LogP contribution in [0.25, 0.3) is 0 Å². The molecule has 1 aliphatic rings. The standard InChI is InChI=1S/C16H24N2O2/c1-10(2)12-4-6-13(7-5-12)11(3)18-16(19)14-8-20-9-15(14)17/h4-7,10-11,14-15H,8-9,17H2,1-3H3,(H,18,19). The van der Waals surface area contributed by atoms with Gasteiger partial charge in [0.05, 0.1) is 25.2 Å². The fourth-order valence-corrected chi connectivity index (χ4v) is 2.41. The van der Waals surface area contributed by atoms with Gasteiger partial charge in [0.2, 0.25) is 5.91 Å². The lowest BCUT2D eigenvalue weighted by Crippen LogP contribution is -2.41. The number of carbonyl (C=O) groups is 1. The SMILES string of the molecule is CC(C)c1ccc(C(C)NC(=O)C2COCC2N)cc1. The van der Waals surface area contributed by atoms with E-state index < -0.39 is 0 Å². The van der Waals surface area contributed by atoms with Crippen molar-refractivity contribution < 1.29 is 9.53 Å². The molecule has 0 bridgehead atoms. The molecule has 1 aliphatic heterocycles. The fraction of sp³-hybridized carbons (Fsp3) is 0.562. The first-order valence-electron chi connectivity index (χ1n) is 7.22. The molecule has 1 aromatic carbocycles. The van der Waals surface area contributed by atoms with Crippen molar-refractivity contribution in [1.29, 1.82) is 0 Å². The van der Waals surface area contributed by atoms with E-state index >= 15 is 0 Å². The van der Waals surface area contributed by atoms with Gasteiger partial charge in [-0.2, -0.15) is 0 Å². The van der Waals surface area contributed by atoms with Gasteiger partial charge < -0.3 is 15.8 Å². The highest BCUT2D eigenvalue weighted by atomic mass is 16.5. The molecule has 1 amide bonds. The molecule has 3 atom stereocenters. The lowest BCUT2D eigenvalue weighted by Gasteiger charge is -2.19. The Bertz CT molecular complexity index is 456. The Morgan fingerprint density at radius 3 is 2.30 bits per heavy atom. The van der Waals surface area contributed by atoms with Crippen molar-refractivity contribution in [2.45, 2.75) is 38.8 Å². The maximum absolute atomic E-state index is 12.1. The number of benzene rings is 1. The van der Waals surface area contributed by atoms with E-state index in [9.17, 15) is 4.79 Å². The molecule has 4 heteroatoms. The highest BCUT2D eigenvalue weighted by Gasteiger charge is 2.31. The van der Waals surface area contributed by atoms with Crippen molar-refractivity contribution in [2.24, 2.45) is 11.7 Å². The smallest absolute Gasteiger partial charge is 0.227 e. The first kappa shape index (κ1) is 15.0. The molecular weight excluding hydrogens is 252 g/mol. The topological polar surface area (TPSA) is 64.3 Å². The van der Waals surface area contributed by atoms with Crippen molar-refractivity contribution in [3.63, 3.8) is 0 Å². The Balaban J connectivity index is 1.97. The van der Waals surface area contributed by atoms with Crippen LogP contribution in [-0.2, 0) is 9.53 Å². The molecule has 1 fully saturated rings. The van der Waals surface area contributed by atoms with E-state index in [1.807, 2.05) is 6.92 Å². The summed E-state index contributed by atoms with van der Waals surface area (Å²) in [5.74, 6) is 0.269. The van der Waals surface area contributed by atoms with Crippen LogP contribution in [0.2, 0.25) is 0 Å². The summed E-state index contributed by atoms with van der Waals surface area (Å²) in [6.07, 6.45) is 0. The van der Waals surface area contributed by atoms with Crippen LogP contribution in [0.5, 0.6) is 0 Å². The summed E-state index contributed by atoms with van der Waals surface area (Å²) < 4.78 is 5.23. The summed E-state index contributed by atoms with van der Waals surface area (Å²) in [6.45, 7) is 7.22. The van der Waals surface area contributed by atoms with E-state index in [0.717, 1.165) is 5.56 Å². The molecule has 3 N–H and O–H groups in total. The first-order valence-corrected chi connectivity index (χ1v) is 7.22. The monoisotopic (exact) mass is 276 g/mol. The summed E-state index contributed by atoms with van der Waals surface area (Å²) in [7, 11) is 0. The Kier molecular flexibility index (Phi) is 4.78. The quantitative estimate of drug-likeness (QED) is 0.883. The van der Waals surface area contributed by atoms with E-state index in [1.54, 1.807) is 0 Å². The molecule has 0 aliphatic carbocycles. The minimum atomic E-state index is -0.229. The van der Waals surface area contributed by atoms with E-state index in [0.29, 0.717) is 19.1 Å². The van der Waals surface area contributed by atoms with Crippen LogP contribution in [0.3, 0.4) is 0 Å². The average Bonchev–Trinajstić information content (AvgIpc) is 2.85. The minimum Gasteiger partial charge on any atom is -0.379 e. The van der Waals surface area contributed by atoms with Gasteiger partial charge in [0.25, 0.3) is 0 Å². The van der Waals surface area contributed by atoms with Gasteiger partial charge in [-0.05, 0) is 24.0 Å². The second-order valence-corrected chi connectivity index (χ2v) is 5.86. The van der Waals surface area contributed by atoms with Crippen LogP contribution in [0.15, 0.2) is 24.3 Å². The molecule has 0 saturated carbocycles. The maximum Gasteiger partial charge on any atom is 0.227 e. The van der Waals surface area contributed by atoms with Gasteiger partial charge in [-0.1, -0.05) is 38.1 Å². The molecular formula is C16H24N2O2. The van der Waals surface area contributed by atoms with Crippen molar-refractivity contribution in [3.05, 3.63) is 35.4 Å². The predicted molar refractivity (Wildman–Crippen MR) is 79.4 cm³/mol. The lowest BCUT2D eigenvalue weighted by atomic mass is 9.98. The van der Waals surface area contributed by atoms with Gasteiger partial charge in [0, 0.05) is 6.04 Å². The number of amides is 1. The average molecular weight is 276 g/mol. The van der Waals surface area contributed by atoms with Crippen LogP contribution in [0, 0.1) is 5.92 Å². The second-order valence-electron chi connectivity index (χ2n) is 5.86. The number of ether oxygens (including phenoxy) is 1. The Morgan fingerprint density at radius 1 is 1.20 bits per heavy atom. The molecule has 0 radical (unpaired) electrons. The molecule has 0 aromatic heterocycles. The zero-order chi connectivity index (χ0) is 14.7. The van der Waals surface area contributed by atoms with Gasteiger partial charge in [0.1, 0.15) is 0 Å². The van der Waals surface area contributed by atoms with Gasteiger partial charge in [-0.3, -0.25) is 4.79 Å². The van der Waals surface area contributed by atoms with E-state index in [2.05, 4.69) is 43.4 Å². The van der Waals surface area contributed by atoms with Gasteiger partial charge >= 0.3 is 0 Å². The summed E-state index contributed by atoms with van der Waals surface area (Å²) in [4.78, 5) is 12.1. The van der Waals surface area contributed by atoms with Crippen molar-refractivity contribution in [3.8, 4) is 0 Å². The molecule has 2 rings (SSSR count). The third kappa shape index (κ3) is 3.38. The van der Waals surface area contributed by atoms with E-state index in [-0.39, 0.29) is 23.9 Å². The normalized spacial score (nSPS) is 23.9. The second kappa shape index (κ2) is 6.37. The number of carbonyl (C=O) groups excluding carboxylic acids is 1. The lowest BCUT2D eigenvalue weighted by molar-refractivity contribution is -0.125. The van der Waals surface area contributed by atoms with E-state index in [1.165, 1.54) is 5.56 Å². The third-order valence-corrected chi connectivity index (χ3v) is 3.92. The Morgan fingerprint density at radius 2 is 1.80 bits per heavy atom. The van der Waals surface area contributed by atoms with Crippen LogP contribution in [-0.4, -0.2) is 25.2 Å². The molecule has 110 valence electrons. The van der Waals surface area contributed by atoms with Gasteiger partial charge in [-0.25, -0.2) is 0 Å². The maximum atomic E-state index is 12.1. The predicted octanol–water partition coefficient (Wildman–Crippen LogP) is 1.96. The molecule has 0 spiro atoms. The molecule has 3 unspecified atom stereocenters. The zero-order valence-corrected chi connectivity index (χ0v) is 12.4. The summed E-state index contributed by atoms with van der Waals surface area (Å²) >= 11 is 0. The number of nitrogens with one attached hydrogen (secondary N) is 1. The number of hydrogen-bond acceptors (Lipinski definition) is 3. The highest BCUT2D eigenvalue weighted by Crippen LogP contribution is 2.20. The fourth-order valence-electron chi connectivity index (χ4n) is 2.41.